The van der Waals surface area contributed by atoms with Gasteiger partial charge >= 0.3 is 0 Å². The van der Waals surface area contributed by atoms with E-state index in [1.54, 1.807) is 12.5 Å². The van der Waals surface area contributed by atoms with Crippen LogP contribution in [0.4, 0.5) is 0 Å². The lowest BCUT2D eigenvalue weighted by molar-refractivity contribution is 0.567. The quantitative estimate of drug-likeness (QED) is 0.445. The predicted molar refractivity (Wildman–Crippen MR) is 31.2 cm³/mol. The molecule has 3 radical (unpaired) electrons. The van der Waals surface area contributed by atoms with E-state index in [9.17, 15) is 0 Å². The van der Waals surface area contributed by atoms with Crippen molar-refractivity contribution in [2.45, 2.75) is 7.43 Å². The average molecular weight is 94.9 g/mol. The van der Waals surface area contributed by atoms with Crippen LogP contribution in [-0.2, 0) is 0 Å². The van der Waals surface area contributed by atoms with Crippen LogP contribution in [0, 0.1) is 0 Å². The second-order valence-electron chi connectivity index (χ2n) is 0.793. The van der Waals surface area contributed by atoms with Gasteiger partial charge in [-0.15, -0.1) is 0 Å². The van der Waals surface area contributed by atoms with Gasteiger partial charge in [-0.1, -0.05) is 7.43 Å². The van der Waals surface area contributed by atoms with Gasteiger partial charge in [0.05, 0.1) is 12.5 Å². The average Bonchev–Trinajstić information content (AvgIpc) is 1.76. The van der Waals surface area contributed by atoms with Crippen molar-refractivity contribution in [2.75, 3.05) is 0 Å². The smallest absolute Gasteiger partial charge is 0.0902 e. The Kier molecular flexibility index (Phi) is 7.33. The minimum atomic E-state index is 0. The summed E-state index contributed by atoms with van der Waals surface area (Å²) in [5.74, 6) is 0. The number of rotatable bonds is 0. The molecule has 2 heteroatoms. The van der Waals surface area contributed by atoms with E-state index in [0.717, 1.165) is 0 Å². The minimum absolute atomic E-state index is 0. The summed E-state index contributed by atoms with van der Waals surface area (Å²) in [5.41, 5.74) is 0. The Hall–Kier alpha value is -0.655. The van der Waals surface area contributed by atoms with Gasteiger partial charge in [-0.2, -0.15) is 0 Å². The van der Waals surface area contributed by atoms with E-state index in [4.69, 9.17) is 0 Å². The van der Waals surface area contributed by atoms with Gasteiger partial charge in [0, 0.05) is 8.41 Å². The molecule has 0 N–H and O–H groups in total. The molecule has 0 spiro atoms. The van der Waals surface area contributed by atoms with Crippen LogP contribution in [0.1, 0.15) is 7.43 Å². The van der Waals surface area contributed by atoms with Gasteiger partial charge in [-0.05, 0) is 12.1 Å². The molecule has 0 fully saturated rings. The Balaban J connectivity index is 0. The Bertz CT molecular complexity index is 64.6. The van der Waals surface area contributed by atoms with Gasteiger partial charge in [0.1, 0.15) is 0 Å². The van der Waals surface area contributed by atoms with E-state index in [1.165, 1.54) is 0 Å². The van der Waals surface area contributed by atoms with Crippen LogP contribution in [-0.4, -0.2) is 8.41 Å². The molecule has 1 rings (SSSR count). The van der Waals surface area contributed by atoms with Crippen LogP contribution in [0.5, 0.6) is 0 Å². The molecule has 37 valence electrons. The number of hydrogen-bond donors (Lipinski definition) is 0. The largest absolute Gasteiger partial charge is 0.473 e. The first kappa shape index (κ1) is 9.60. The zero-order valence-corrected chi connectivity index (χ0v) is 3.29. The van der Waals surface area contributed by atoms with E-state index < -0.39 is 0 Å². The maximum atomic E-state index is 4.58. The maximum absolute atomic E-state index is 4.58. The first-order valence-corrected chi connectivity index (χ1v) is 1.47. The van der Waals surface area contributed by atoms with Crippen LogP contribution in [0.2, 0.25) is 0 Å². The monoisotopic (exact) mass is 95.1 g/mol. The molecule has 1 aromatic rings. The summed E-state index contributed by atoms with van der Waals surface area (Å²) >= 11 is 0. The van der Waals surface area contributed by atoms with E-state index >= 15 is 0 Å². The Morgan fingerprint density at radius 3 is 1.57 bits per heavy atom. The third-order valence-electron chi connectivity index (χ3n) is 0.425. The molecule has 1 nitrogen and oxygen atoms in total. The van der Waals surface area contributed by atoms with Crippen molar-refractivity contribution in [2.24, 2.45) is 0 Å². The van der Waals surface area contributed by atoms with Crippen LogP contribution >= 0.6 is 0 Å². The highest BCUT2D eigenvalue weighted by Gasteiger charge is 1.58. The molecule has 0 unspecified atom stereocenters. The lowest BCUT2D eigenvalue weighted by Crippen LogP contribution is -1.16. The fraction of sp³-hybridized carbons (Fsp3) is 0.200. The van der Waals surface area contributed by atoms with Crippen molar-refractivity contribution in [3.8, 4) is 0 Å². The third kappa shape index (κ3) is 3.17. The molecular formula is C5H8BO. The van der Waals surface area contributed by atoms with E-state index in [1.807, 2.05) is 12.1 Å². The van der Waals surface area contributed by atoms with Crippen LogP contribution in [0.15, 0.2) is 29.1 Å². The predicted octanol–water partition coefficient (Wildman–Crippen LogP) is 1.53. The zero-order chi connectivity index (χ0) is 3.54. The molecule has 0 aromatic carbocycles. The van der Waals surface area contributed by atoms with Gasteiger partial charge in [0.25, 0.3) is 0 Å². The van der Waals surface area contributed by atoms with E-state index in [0.29, 0.717) is 0 Å². The topological polar surface area (TPSA) is 13.1 Å². The third-order valence-corrected chi connectivity index (χ3v) is 0.425. The summed E-state index contributed by atoms with van der Waals surface area (Å²) in [6.07, 6.45) is 3.25. The molecule has 0 aliphatic heterocycles. The van der Waals surface area contributed by atoms with Crippen LogP contribution < -0.4 is 0 Å². The summed E-state index contributed by atoms with van der Waals surface area (Å²) in [6.45, 7) is 0. The minimum Gasteiger partial charge on any atom is -0.473 e. The molecule has 7 heavy (non-hydrogen) atoms. The Morgan fingerprint density at radius 2 is 1.43 bits per heavy atom. The van der Waals surface area contributed by atoms with Crippen LogP contribution in [0.3, 0.4) is 0 Å². The van der Waals surface area contributed by atoms with Crippen molar-refractivity contribution in [1.82, 2.24) is 0 Å². The van der Waals surface area contributed by atoms with Crippen molar-refractivity contribution >= 4 is 8.41 Å². The fourth-order valence-corrected chi connectivity index (χ4v) is 0.227. The highest BCUT2D eigenvalue weighted by atomic mass is 16.3. The second-order valence-corrected chi connectivity index (χ2v) is 0.793. The molecule has 0 amide bonds. The molecule has 0 atom stereocenters. The summed E-state index contributed by atoms with van der Waals surface area (Å²) in [4.78, 5) is 0. The van der Waals surface area contributed by atoms with Crippen molar-refractivity contribution < 1.29 is 4.42 Å². The molecule has 0 bridgehead atoms. The Morgan fingerprint density at radius 1 is 1.00 bits per heavy atom. The standard InChI is InChI=1S/C4H4O.CH4.B/c1-2-4-5-3-1;;/h1-4H;1H4;. The highest BCUT2D eigenvalue weighted by molar-refractivity contribution is 5.75. The zero-order valence-electron chi connectivity index (χ0n) is 3.29. The Labute approximate surface area is 45.9 Å². The van der Waals surface area contributed by atoms with Crippen LogP contribution in [0.25, 0.3) is 0 Å². The van der Waals surface area contributed by atoms with Crippen molar-refractivity contribution in [1.29, 1.82) is 0 Å². The maximum Gasteiger partial charge on any atom is 0.0902 e. The second kappa shape index (κ2) is 5.34. The molecule has 0 saturated carbocycles. The molecule has 1 heterocycles. The van der Waals surface area contributed by atoms with E-state index in [2.05, 4.69) is 4.42 Å². The van der Waals surface area contributed by atoms with Gasteiger partial charge in [0.2, 0.25) is 0 Å². The van der Waals surface area contributed by atoms with Gasteiger partial charge in [0.15, 0.2) is 0 Å². The van der Waals surface area contributed by atoms with Gasteiger partial charge in [-0.3, -0.25) is 0 Å². The number of hydrogen-bond acceptors (Lipinski definition) is 1. The first-order chi connectivity index (χ1) is 2.50. The molecule has 0 aliphatic rings. The summed E-state index contributed by atoms with van der Waals surface area (Å²) in [5, 5.41) is 0. The molecule has 1 aromatic heterocycles. The first-order valence-electron chi connectivity index (χ1n) is 1.47. The summed E-state index contributed by atoms with van der Waals surface area (Å²) in [7, 11) is 0. The van der Waals surface area contributed by atoms with Gasteiger partial charge in [-0.25, -0.2) is 0 Å². The fourth-order valence-electron chi connectivity index (χ4n) is 0.227. The molecule has 0 saturated heterocycles. The highest BCUT2D eigenvalue weighted by Crippen LogP contribution is 1.79. The summed E-state index contributed by atoms with van der Waals surface area (Å²) < 4.78 is 4.58. The van der Waals surface area contributed by atoms with Crippen molar-refractivity contribution in [3.05, 3.63) is 24.7 Å². The van der Waals surface area contributed by atoms with E-state index in [-0.39, 0.29) is 15.8 Å². The van der Waals surface area contributed by atoms with Crippen molar-refractivity contribution in [3.63, 3.8) is 0 Å². The summed E-state index contributed by atoms with van der Waals surface area (Å²) in [6, 6.07) is 3.67. The SMILES string of the molecule is C.[B].c1ccoc1. The lowest BCUT2D eigenvalue weighted by Gasteiger charge is -1.50. The number of furan rings is 1. The van der Waals surface area contributed by atoms with Gasteiger partial charge < -0.3 is 4.42 Å². The molecular weight excluding hydrogens is 86.9 g/mol. The molecule has 0 aliphatic carbocycles. The normalized spacial score (nSPS) is 5.71. The lowest BCUT2D eigenvalue weighted by atomic mass is 10.7.